The Morgan fingerprint density at radius 3 is 2.55 bits per heavy atom. The van der Waals surface area contributed by atoms with E-state index in [1.54, 1.807) is 19.2 Å². The van der Waals surface area contributed by atoms with Gasteiger partial charge in [-0.15, -0.1) is 0 Å². The standard InChI is InChI=1S/C23H18ClN3O4/c1-30-21-4-2-3-18-20-13-19(14-5-9-16(24)10-6-14)25-26(20)23(31-22(18)21)15-7-11-17(12-8-15)27(28)29/h2-12,20,23H,13H2,1H3/t20-,23+/m1/s1. The molecule has 156 valence electrons. The fourth-order valence-electron chi connectivity index (χ4n) is 4.04. The van der Waals surface area contributed by atoms with Crippen LogP contribution in [0.2, 0.25) is 5.02 Å². The van der Waals surface area contributed by atoms with Crippen molar-refractivity contribution in [3.8, 4) is 11.5 Å². The van der Waals surface area contributed by atoms with Gasteiger partial charge in [-0.25, -0.2) is 5.01 Å². The van der Waals surface area contributed by atoms with Crippen LogP contribution in [-0.2, 0) is 0 Å². The highest BCUT2D eigenvalue weighted by Gasteiger charge is 2.42. The van der Waals surface area contributed by atoms with E-state index in [4.69, 9.17) is 26.2 Å². The molecule has 0 fully saturated rings. The molecule has 0 saturated carbocycles. The van der Waals surface area contributed by atoms with Crippen molar-refractivity contribution in [1.82, 2.24) is 5.01 Å². The topological polar surface area (TPSA) is 77.2 Å². The van der Waals surface area contributed by atoms with Gasteiger partial charge in [0.15, 0.2) is 11.5 Å². The SMILES string of the molecule is COc1cccc2c1O[C@@H](c1ccc([N+](=O)[O-])cc1)N1N=C(c3ccc(Cl)cc3)C[C@H]21. The van der Waals surface area contributed by atoms with Crippen LogP contribution < -0.4 is 9.47 Å². The van der Waals surface area contributed by atoms with E-state index in [0.717, 1.165) is 22.4 Å². The van der Waals surface area contributed by atoms with Gasteiger partial charge in [0.05, 0.1) is 23.8 Å². The number of hydrogen-bond donors (Lipinski definition) is 0. The molecule has 3 aromatic rings. The average Bonchev–Trinajstić information content (AvgIpc) is 3.24. The molecule has 31 heavy (non-hydrogen) atoms. The van der Waals surface area contributed by atoms with Crippen molar-refractivity contribution in [3.05, 3.63) is 98.6 Å². The van der Waals surface area contributed by atoms with Crippen LogP contribution >= 0.6 is 11.6 Å². The highest BCUT2D eigenvalue weighted by atomic mass is 35.5. The quantitative estimate of drug-likeness (QED) is 0.399. The summed E-state index contributed by atoms with van der Waals surface area (Å²) in [5.74, 6) is 1.31. The number of nitro benzene ring substituents is 1. The molecule has 2 aliphatic heterocycles. The molecular formula is C23H18ClN3O4. The first-order valence-corrected chi connectivity index (χ1v) is 10.1. The van der Waals surface area contributed by atoms with E-state index < -0.39 is 11.2 Å². The lowest BCUT2D eigenvalue weighted by molar-refractivity contribution is -0.384. The molecule has 0 aliphatic carbocycles. The Labute approximate surface area is 183 Å². The maximum Gasteiger partial charge on any atom is 0.269 e. The zero-order valence-corrected chi connectivity index (χ0v) is 17.3. The van der Waals surface area contributed by atoms with Crippen molar-refractivity contribution in [3.63, 3.8) is 0 Å². The number of methoxy groups -OCH3 is 1. The summed E-state index contributed by atoms with van der Waals surface area (Å²) in [4.78, 5) is 10.6. The number of halogens is 1. The number of nitro groups is 1. The normalized spacial score (nSPS) is 19.2. The minimum absolute atomic E-state index is 0.0286. The second kappa shape index (κ2) is 7.59. The van der Waals surface area contributed by atoms with Gasteiger partial charge in [0.25, 0.3) is 5.69 Å². The first-order chi connectivity index (χ1) is 15.0. The molecule has 8 heteroatoms. The van der Waals surface area contributed by atoms with Crippen LogP contribution in [-0.4, -0.2) is 22.8 Å². The summed E-state index contributed by atoms with van der Waals surface area (Å²) < 4.78 is 11.9. The molecule has 0 unspecified atom stereocenters. The Morgan fingerprint density at radius 1 is 1.13 bits per heavy atom. The van der Waals surface area contributed by atoms with Crippen LogP contribution in [0.25, 0.3) is 0 Å². The molecule has 0 radical (unpaired) electrons. The first kappa shape index (κ1) is 19.4. The Kier molecular flexibility index (Phi) is 4.75. The molecule has 0 spiro atoms. The first-order valence-electron chi connectivity index (χ1n) is 9.75. The van der Waals surface area contributed by atoms with E-state index in [2.05, 4.69) is 0 Å². The Morgan fingerprint density at radius 2 is 1.87 bits per heavy atom. The van der Waals surface area contributed by atoms with Gasteiger partial charge in [0.2, 0.25) is 6.23 Å². The number of hydrazone groups is 1. The number of rotatable bonds is 4. The van der Waals surface area contributed by atoms with Gasteiger partial charge in [-0.2, -0.15) is 5.10 Å². The zero-order chi connectivity index (χ0) is 21.5. The summed E-state index contributed by atoms with van der Waals surface area (Å²) >= 11 is 6.05. The molecule has 3 aromatic carbocycles. The van der Waals surface area contributed by atoms with E-state index >= 15 is 0 Å². The van der Waals surface area contributed by atoms with E-state index in [1.165, 1.54) is 12.1 Å². The smallest absolute Gasteiger partial charge is 0.269 e. The second-order valence-electron chi connectivity index (χ2n) is 7.35. The monoisotopic (exact) mass is 435 g/mol. The summed E-state index contributed by atoms with van der Waals surface area (Å²) in [6.07, 6.45) is 0.147. The lowest BCUT2D eigenvalue weighted by Crippen LogP contribution is -2.33. The van der Waals surface area contributed by atoms with Crippen molar-refractivity contribution < 1.29 is 14.4 Å². The molecule has 0 N–H and O–H groups in total. The average molecular weight is 436 g/mol. The highest BCUT2D eigenvalue weighted by molar-refractivity contribution is 6.30. The van der Waals surface area contributed by atoms with Gasteiger partial charge in [-0.3, -0.25) is 10.1 Å². The second-order valence-corrected chi connectivity index (χ2v) is 7.79. The summed E-state index contributed by atoms with van der Waals surface area (Å²) in [6, 6.07) is 19.7. The van der Waals surface area contributed by atoms with Gasteiger partial charge in [-0.1, -0.05) is 35.9 Å². The summed E-state index contributed by atoms with van der Waals surface area (Å²) in [5, 5.41) is 18.5. The Bertz CT molecular complexity index is 1180. The number of fused-ring (bicyclic) bond motifs is 3. The maximum absolute atomic E-state index is 11.1. The fourth-order valence-corrected chi connectivity index (χ4v) is 4.17. The highest BCUT2D eigenvalue weighted by Crippen LogP contribution is 2.50. The molecular weight excluding hydrogens is 418 g/mol. The summed E-state index contributed by atoms with van der Waals surface area (Å²) in [6.45, 7) is 0. The molecule has 2 atom stereocenters. The lowest BCUT2D eigenvalue weighted by Gasteiger charge is -2.38. The third-order valence-electron chi connectivity index (χ3n) is 5.57. The minimum atomic E-state index is -0.542. The maximum atomic E-state index is 11.1. The lowest BCUT2D eigenvalue weighted by atomic mass is 9.95. The van der Waals surface area contributed by atoms with E-state index in [1.807, 2.05) is 47.5 Å². The number of para-hydroxylation sites is 1. The van der Waals surface area contributed by atoms with E-state index in [-0.39, 0.29) is 11.7 Å². The van der Waals surface area contributed by atoms with Gasteiger partial charge in [0.1, 0.15) is 0 Å². The van der Waals surface area contributed by atoms with E-state index in [9.17, 15) is 10.1 Å². The van der Waals surface area contributed by atoms with Crippen LogP contribution in [0.15, 0.2) is 71.8 Å². The van der Waals surface area contributed by atoms with Crippen molar-refractivity contribution in [2.24, 2.45) is 5.10 Å². The number of hydrogen-bond acceptors (Lipinski definition) is 6. The molecule has 0 bridgehead atoms. The number of ether oxygens (including phenoxy) is 2. The zero-order valence-electron chi connectivity index (χ0n) is 16.6. The van der Waals surface area contributed by atoms with Crippen LogP contribution in [0.5, 0.6) is 11.5 Å². The third-order valence-corrected chi connectivity index (χ3v) is 5.82. The third kappa shape index (κ3) is 3.37. The number of nitrogens with zero attached hydrogens (tertiary/aromatic N) is 3. The minimum Gasteiger partial charge on any atom is -0.493 e. The van der Waals surface area contributed by atoms with Gasteiger partial charge in [-0.05, 0) is 35.9 Å². The number of non-ortho nitro benzene ring substituents is 1. The van der Waals surface area contributed by atoms with Crippen LogP contribution in [0, 0.1) is 10.1 Å². The summed E-state index contributed by atoms with van der Waals surface area (Å²) in [5.41, 5.74) is 3.71. The van der Waals surface area contributed by atoms with Crippen LogP contribution in [0.4, 0.5) is 5.69 Å². The largest absolute Gasteiger partial charge is 0.493 e. The molecule has 2 heterocycles. The number of benzene rings is 3. The van der Waals surface area contributed by atoms with E-state index in [0.29, 0.717) is 22.9 Å². The van der Waals surface area contributed by atoms with Crippen molar-refractivity contribution in [1.29, 1.82) is 0 Å². The van der Waals surface area contributed by atoms with Crippen LogP contribution in [0.3, 0.4) is 0 Å². The van der Waals surface area contributed by atoms with Crippen molar-refractivity contribution >= 4 is 23.0 Å². The van der Waals surface area contributed by atoms with Crippen molar-refractivity contribution in [2.75, 3.05) is 7.11 Å². The molecule has 2 aliphatic rings. The Balaban J connectivity index is 1.59. The molecule has 5 rings (SSSR count). The van der Waals surface area contributed by atoms with Gasteiger partial charge >= 0.3 is 0 Å². The predicted octanol–water partition coefficient (Wildman–Crippen LogP) is 5.50. The molecule has 0 aromatic heterocycles. The molecule has 0 saturated heterocycles. The summed E-state index contributed by atoms with van der Waals surface area (Å²) in [7, 11) is 1.61. The molecule has 0 amide bonds. The van der Waals surface area contributed by atoms with Gasteiger partial charge in [0, 0.05) is 34.7 Å². The van der Waals surface area contributed by atoms with Crippen molar-refractivity contribution in [2.45, 2.75) is 18.7 Å². The molecule has 7 nitrogen and oxygen atoms in total. The predicted molar refractivity (Wildman–Crippen MR) is 117 cm³/mol. The fraction of sp³-hybridized carbons (Fsp3) is 0.174. The van der Waals surface area contributed by atoms with Crippen LogP contribution in [0.1, 0.15) is 35.4 Å². The van der Waals surface area contributed by atoms with Gasteiger partial charge < -0.3 is 9.47 Å². The Hall–Kier alpha value is -3.58.